The number of rotatable bonds is 5. The van der Waals surface area contributed by atoms with Crippen molar-refractivity contribution in [2.24, 2.45) is 27.1 Å². The van der Waals surface area contributed by atoms with Gasteiger partial charge in [0, 0.05) is 79.4 Å². The topological polar surface area (TPSA) is 29.7 Å². The van der Waals surface area contributed by atoms with Gasteiger partial charge >= 0.3 is 0 Å². The Morgan fingerprint density at radius 2 is 0.561 bits per heavy atom. The van der Waals surface area contributed by atoms with Crippen LogP contribution in [-0.2, 0) is 33.1 Å². The highest BCUT2D eigenvalue weighted by atomic mass is 16.3. The van der Waals surface area contributed by atoms with Gasteiger partial charge in [-0.15, -0.1) is 0 Å². The molecule has 5 heteroatoms. The number of pyridine rings is 3. The lowest BCUT2D eigenvalue weighted by molar-refractivity contribution is -0.660. The van der Waals surface area contributed by atoms with Gasteiger partial charge in [-0.05, 0) is 208 Å². The van der Waals surface area contributed by atoms with Crippen molar-refractivity contribution >= 4 is 43.7 Å². The van der Waals surface area contributed by atoms with Gasteiger partial charge in [-0.25, -0.2) is 13.7 Å². The molecule has 0 aliphatic heterocycles. The van der Waals surface area contributed by atoms with Crippen molar-refractivity contribution in [2.75, 3.05) is 0 Å². The molecule has 5 nitrogen and oxygen atoms in total. The van der Waals surface area contributed by atoms with Crippen molar-refractivity contribution in [1.29, 1.82) is 0 Å². The Hall–Kier alpha value is -14.7. The normalized spacial score (nSPS) is 12.5. The second kappa shape index (κ2) is 29.4. The lowest BCUT2D eigenvalue weighted by Gasteiger charge is -2.25. The van der Waals surface area contributed by atoms with Gasteiger partial charge in [-0.1, -0.05) is 313 Å². The lowest BCUT2D eigenvalue weighted by Crippen LogP contribution is -2.32. The SMILES string of the molecule is Cc1cc2c(cc1-c1c3c(cc[n+]1C)-c1ccccc1-c1ccccc1-c1ccccc1-3)C(C)(C)c1ccccc1-2.Cc1cc2c(cc1-c1c3c(cc[n+]1C)-c1ccccc1-c1ccccc1-c1ccccc1-3)oc1ccccc12.Cc1cc2c3ccccc3n(CC(C)C)c2cc1-c1c2c(cc[n+]1C)-c1ccccc1-c1ccccc1-c1ccccc1-2. The molecule has 123 heavy (non-hydrogen) atoms. The van der Waals surface area contributed by atoms with Crippen molar-refractivity contribution in [3.05, 3.63) is 392 Å². The van der Waals surface area contributed by atoms with Crippen molar-refractivity contribution in [1.82, 2.24) is 4.57 Å². The van der Waals surface area contributed by atoms with E-state index in [0.717, 1.165) is 28.5 Å². The molecule has 0 bridgehead atoms. The van der Waals surface area contributed by atoms with Crippen molar-refractivity contribution in [3.63, 3.8) is 0 Å². The van der Waals surface area contributed by atoms with Crippen LogP contribution in [0.1, 0.15) is 55.5 Å². The molecule has 0 unspecified atom stereocenters. The molecule has 15 aromatic carbocycles. The van der Waals surface area contributed by atoms with Crippen LogP contribution in [0, 0.1) is 26.7 Å². The Balaban J connectivity index is 0.000000110. The van der Waals surface area contributed by atoms with Gasteiger partial charge in [0.2, 0.25) is 17.1 Å². The van der Waals surface area contributed by atoms with Gasteiger partial charge in [0.1, 0.15) is 32.3 Å². The first-order chi connectivity index (χ1) is 60.1. The van der Waals surface area contributed by atoms with Crippen LogP contribution < -0.4 is 13.7 Å². The van der Waals surface area contributed by atoms with Crippen LogP contribution in [0.25, 0.3) is 222 Å². The number of nitrogens with zero attached hydrogens (tertiary/aromatic N) is 4. The van der Waals surface area contributed by atoms with Gasteiger partial charge in [-0.3, -0.25) is 0 Å². The standard InChI is InChI=1S/C41H35N2.C40H32N.C37H26NO/c1-26(2)25-43-38-20-12-11-18-33(38)37-23-27(3)36(24-39(37)43)41-40-34-19-10-9-16-31(34)29-14-6-5-13-28(29)30-15-7-8-17-32(30)35(40)21-22-42(41)4;1-25-23-35-31-18-11-12-20-36(31)40(2,3)37(35)24-34(25)39-38-32-19-10-9-16-29(32)27-14-6-5-13-26(27)28-15-7-8-17-30(28)33(38)21-22-41(39)4;1-23-21-33-29-16-9-10-18-34(29)39-35(33)22-32(23)37-36-30-17-8-7-14-27(30)25-12-4-3-11-24(25)26-13-5-6-15-28(26)31(36)19-20-38(37)2/h5-24,26H,25H2,1-4H3;5-24H,1-4H3;3-22H,1-2H3/q3*+1. The first kappa shape index (κ1) is 74.6. The van der Waals surface area contributed by atoms with Crippen molar-refractivity contribution < 1.29 is 18.1 Å². The van der Waals surface area contributed by atoms with Crippen molar-refractivity contribution in [2.45, 2.75) is 60.4 Å². The summed E-state index contributed by atoms with van der Waals surface area (Å²) >= 11 is 0. The number of furan rings is 1. The van der Waals surface area contributed by atoms with E-state index in [1.165, 1.54) is 228 Å². The Bertz CT molecular complexity index is 7790. The molecule has 4 aliphatic carbocycles. The quantitative estimate of drug-likeness (QED) is 0.158. The molecule has 24 rings (SSSR count). The van der Waals surface area contributed by atoms with Crippen LogP contribution in [0.3, 0.4) is 0 Å². The maximum atomic E-state index is 6.36. The van der Waals surface area contributed by atoms with E-state index in [9.17, 15) is 0 Å². The van der Waals surface area contributed by atoms with Gasteiger partial charge in [-0.2, -0.15) is 0 Å². The number of fused-ring (bicyclic) bond motifs is 33. The van der Waals surface area contributed by atoms with Crippen molar-refractivity contribution in [3.8, 4) is 178 Å². The molecule has 0 atom stereocenters. The summed E-state index contributed by atoms with van der Waals surface area (Å²) in [6.07, 6.45) is 6.69. The van der Waals surface area contributed by atoms with Crippen LogP contribution in [0.4, 0.5) is 0 Å². The maximum Gasteiger partial charge on any atom is 0.221 e. The summed E-state index contributed by atoms with van der Waals surface area (Å²) in [7, 11) is 6.55. The predicted molar refractivity (Wildman–Crippen MR) is 512 cm³/mol. The maximum absolute atomic E-state index is 6.36. The molecule has 0 spiro atoms. The predicted octanol–water partition coefficient (Wildman–Crippen LogP) is 29.4. The molecular formula is C118H93N4O+3. The third kappa shape index (κ3) is 11.9. The molecule has 20 aromatic rings. The first-order valence-electron chi connectivity index (χ1n) is 43.3. The number of hydrogen-bond donors (Lipinski definition) is 0. The number of aromatic nitrogens is 4. The second-order valence-corrected chi connectivity index (χ2v) is 35.0. The van der Waals surface area contributed by atoms with Crippen LogP contribution >= 0.6 is 0 Å². The first-order valence-corrected chi connectivity index (χ1v) is 43.3. The zero-order valence-corrected chi connectivity index (χ0v) is 71.1. The number of aryl methyl sites for hydroxylation is 6. The summed E-state index contributed by atoms with van der Waals surface area (Å²) in [6.45, 7) is 17.1. The zero-order valence-electron chi connectivity index (χ0n) is 71.1. The fraction of sp³-hybridized carbons (Fsp3) is 0.110. The van der Waals surface area contributed by atoms with E-state index in [-0.39, 0.29) is 5.41 Å². The van der Waals surface area contributed by atoms with Crippen LogP contribution in [-0.4, -0.2) is 4.57 Å². The number of hydrogen-bond acceptors (Lipinski definition) is 1. The Morgan fingerprint density at radius 3 is 0.967 bits per heavy atom. The molecule has 0 N–H and O–H groups in total. The smallest absolute Gasteiger partial charge is 0.221 e. The summed E-state index contributed by atoms with van der Waals surface area (Å²) in [5.74, 6) is 0.542. The van der Waals surface area contributed by atoms with Gasteiger partial charge in [0.25, 0.3) is 0 Å². The zero-order chi connectivity index (χ0) is 83.2. The van der Waals surface area contributed by atoms with Gasteiger partial charge < -0.3 is 8.98 Å². The Labute approximate surface area is 719 Å². The van der Waals surface area contributed by atoms with E-state index >= 15 is 0 Å². The highest BCUT2D eigenvalue weighted by Crippen LogP contribution is 2.57. The van der Waals surface area contributed by atoms with E-state index in [4.69, 9.17) is 4.42 Å². The average Bonchev–Trinajstić information content (AvgIpc) is 1.65. The van der Waals surface area contributed by atoms with Gasteiger partial charge in [0.05, 0.1) is 33.4 Å². The molecular weight excluding hydrogens is 1490 g/mol. The minimum absolute atomic E-state index is 0.0559. The Kier molecular flexibility index (Phi) is 17.8. The van der Waals surface area contributed by atoms with Crippen LogP contribution in [0.5, 0.6) is 0 Å². The summed E-state index contributed by atoms with van der Waals surface area (Å²) in [6, 6.07) is 127. The molecule has 5 heterocycles. The fourth-order valence-electron chi connectivity index (χ4n) is 21.2. The summed E-state index contributed by atoms with van der Waals surface area (Å²) in [5.41, 5.74) is 51.7. The molecule has 0 fully saturated rings. The molecule has 5 aromatic heterocycles. The number of benzene rings is 15. The summed E-state index contributed by atoms with van der Waals surface area (Å²) in [5, 5.41) is 4.98. The largest absolute Gasteiger partial charge is 0.456 e. The van der Waals surface area contributed by atoms with E-state index in [1.807, 2.05) is 12.1 Å². The van der Waals surface area contributed by atoms with Gasteiger partial charge in [0.15, 0.2) is 18.6 Å². The molecule has 0 saturated heterocycles. The average molecular weight is 1580 g/mol. The van der Waals surface area contributed by atoms with E-state index in [1.54, 1.807) is 0 Å². The molecule has 0 amide bonds. The second-order valence-electron chi connectivity index (χ2n) is 35.0. The van der Waals surface area contributed by atoms with E-state index in [0.29, 0.717) is 5.92 Å². The van der Waals surface area contributed by atoms with Crippen LogP contribution in [0.2, 0.25) is 0 Å². The highest BCUT2D eigenvalue weighted by molar-refractivity contribution is 6.14. The van der Waals surface area contributed by atoms with E-state index < -0.39 is 0 Å². The summed E-state index contributed by atoms with van der Waals surface area (Å²) < 4.78 is 15.8. The van der Waals surface area contributed by atoms with Crippen LogP contribution in [0.15, 0.2) is 369 Å². The highest BCUT2D eigenvalue weighted by Gasteiger charge is 2.39. The van der Waals surface area contributed by atoms with E-state index in [2.05, 4.69) is 440 Å². The lowest BCUT2D eigenvalue weighted by atomic mass is 9.78. The summed E-state index contributed by atoms with van der Waals surface area (Å²) in [4.78, 5) is 0. The third-order valence-electron chi connectivity index (χ3n) is 26.8. The Morgan fingerprint density at radius 1 is 0.252 bits per heavy atom. The fourth-order valence-corrected chi connectivity index (χ4v) is 21.2. The molecule has 4 aliphatic rings. The molecule has 588 valence electrons. The monoisotopic (exact) mass is 1580 g/mol. The minimum atomic E-state index is -0.0559. The minimum Gasteiger partial charge on any atom is -0.456 e. The number of para-hydroxylation sites is 2. The molecule has 0 saturated carbocycles. The molecule has 0 radical (unpaired) electrons. The third-order valence-corrected chi connectivity index (χ3v) is 26.8.